The van der Waals surface area contributed by atoms with Crippen LogP contribution in [0.1, 0.15) is 36.2 Å². The predicted molar refractivity (Wildman–Crippen MR) is 128 cm³/mol. The predicted octanol–water partition coefficient (Wildman–Crippen LogP) is 3.40. The number of likely N-dealkylation sites (tertiary alicyclic amines) is 1. The number of benzene rings is 2. The molecule has 1 saturated heterocycles. The standard InChI is InChI=1S/C26H32N4O3/c1-19-11-12-20(2)23(16-19)33-18-25(31)27-13-7-10-24-28-21-8-3-4-9-22(21)30(24)17-26(32)29-14-5-6-15-29/h3-4,8-9,11-12,16H,5-7,10,13-15,17-18H2,1-2H3,(H,27,31). The summed E-state index contributed by atoms with van der Waals surface area (Å²) in [6, 6.07) is 13.9. The summed E-state index contributed by atoms with van der Waals surface area (Å²) in [7, 11) is 0. The van der Waals surface area contributed by atoms with Crippen molar-refractivity contribution in [3.05, 3.63) is 59.4 Å². The van der Waals surface area contributed by atoms with Crippen molar-refractivity contribution in [2.75, 3.05) is 26.2 Å². The summed E-state index contributed by atoms with van der Waals surface area (Å²) in [4.78, 5) is 31.7. The molecule has 7 nitrogen and oxygen atoms in total. The van der Waals surface area contributed by atoms with E-state index in [0.29, 0.717) is 19.5 Å². The van der Waals surface area contributed by atoms with Gasteiger partial charge in [-0.2, -0.15) is 0 Å². The van der Waals surface area contributed by atoms with Crippen LogP contribution in [0.2, 0.25) is 0 Å². The van der Waals surface area contributed by atoms with Crippen LogP contribution in [0.3, 0.4) is 0 Å². The van der Waals surface area contributed by atoms with Gasteiger partial charge in [0.15, 0.2) is 6.61 Å². The van der Waals surface area contributed by atoms with Crippen LogP contribution >= 0.6 is 0 Å². The Labute approximate surface area is 194 Å². The van der Waals surface area contributed by atoms with Gasteiger partial charge in [-0.1, -0.05) is 24.3 Å². The minimum atomic E-state index is -0.145. The van der Waals surface area contributed by atoms with E-state index >= 15 is 0 Å². The van der Waals surface area contributed by atoms with Gasteiger partial charge in [-0.25, -0.2) is 4.98 Å². The van der Waals surface area contributed by atoms with Crippen molar-refractivity contribution in [1.82, 2.24) is 19.8 Å². The number of ether oxygens (including phenoxy) is 1. The lowest BCUT2D eigenvalue weighted by Gasteiger charge is -2.17. The summed E-state index contributed by atoms with van der Waals surface area (Å²) < 4.78 is 7.70. The second-order valence-corrected chi connectivity index (χ2v) is 8.70. The summed E-state index contributed by atoms with van der Waals surface area (Å²) in [5, 5.41) is 2.92. The molecular weight excluding hydrogens is 416 g/mol. The Bertz CT molecular complexity index is 1130. The number of fused-ring (bicyclic) bond motifs is 1. The van der Waals surface area contributed by atoms with Gasteiger partial charge in [0, 0.05) is 26.1 Å². The van der Waals surface area contributed by atoms with E-state index in [9.17, 15) is 9.59 Å². The molecule has 7 heteroatoms. The molecule has 1 aliphatic rings. The zero-order valence-electron chi connectivity index (χ0n) is 19.5. The quantitative estimate of drug-likeness (QED) is 0.509. The fourth-order valence-corrected chi connectivity index (χ4v) is 4.23. The molecule has 0 radical (unpaired) electrons. The molecule has 0 atom stereocenters. The average Bonchev–Trinajstić information content (AvgIpc) is 3.46. The molecule has 0 spiro atoms. The first-order chi connectivity index (χ1) is 16.0. The monoisotopic (exact) mass is 448 g/mol. The van der Waals surface area contributed by atoms with Crippen LogP contribution < -0.4 is 10.1 Å². The molecule has 2 aromatic carbocycles. The van der Waals surface area contributed by atoms with Gasteiger partial charge in [-0.3, -0.25) is 9.59 Å². The van der Waals surface area contributed by atoms with Crippen molar-refractivity contribution in [2.45, 2.75) is 46.1 Å². The molecule has 1 N–H and O–H groups in total. The van der Waals surface area contributed by atoms with E-state index in [0.717, 1.165) is 66.1 Å². The number of nitrogens with one attached hydrogen (secondary N) is 1. The van der Waals surface area contributed by atoms with Crippen LogP contribution in [0.25, 0.3) is 11.0 Å². The Balaban J connectivity index is 1.31. The summed E-state index contributed by atoms with van der Waals surface area (Å²) >= 11 is 0. The number of carbonyl (C=O) groups is 2. The molecule has 0 unspecified atom stereocenters. The normalized spacial score (nSPS) is 13.5. The van der Waals surface area contributed by atoms with Gasteiger partial charge >= 0.3 is 0 Å². The van der Waals surface area contributed by atoms with Gasteiger partial charge in [0.2, 0.25) is 5.91 Å². The first-order valence-corrected chi connectivity index (χ1v) is 11.7. The van der Waals surface area contributed by atoms with Crippen molar-refractivity contribution in [3.8, 4) is 5.75 Å². The zero-order chi connectivity index (χ0) is 23.2. The van der Waals surface area contributed by atoms with Gasteiger partial charge in [0.25, 0.3) is 5.91 Å². The van der Waals surface area contributed by atoms with Crippen LogP contribution in [0.4, 0.5) is 0 Å². The lowest BCUT2D eigenvalue weighted by Crippen LogP contribution is -2.32. The number of imidazole rings is 1. The van der Waals surface area contributed by atoms with E-state index in [4.69, 9.17) is 9.72 Å². The molecule has 0 bridgehead atoms. The summed E-state index contributed by atoms with van der Waals surface area (Å²) in [5.41, 5.74) is 3.98. The number of amides is 2. The van der Waals surface area contributed by atoms with E-state index in [-0.39, 0.29) is 18.4 Å². The second-order valence-electron chi connectivity index (χ2n) is 8.70. The topological polar surface area (TPSA) is 76.5 Å². The number of rotatable bonds is 9. The van der Waals surface area contributed by atoms with Gasteiger partial charge in [-0.05, 0) is 62.4 Å². The number of carbonyl (C=O) groups excluding carboxylic acids is 2. The van der Waals surface area contributed by atoms with Crippen LogP contribution in [0.5, 0.6) is 5.75 Å². The largest absolute Gasteiger partial charge is 0.483 e. The minimum Gasteiger partial charge on any atom is -0.483 e. The molecular formula is C26H32N4O3. The summed E-state index contributed by atoms with van der Waals surface area (Å²) in [6.07, 6.45) is 3.57. The third-order valence-electron chi connectivity index (χ3n) is 6.09. The maximum Gasteiger partial charge on any atom is 0.257 e. The molecule has 1 aromatic heterocycles. The van der Waals surface area contributed by atoms with Crippen LogP contribution in [0.15, 0.2) is 42.5 Å². The highest BCUT2D eigenvalue weighted by atomic mass is 16.5. The number of aromatic nitrogens is 2. The summed E-state index contributed by atoms with van der Waals surface area (Å²) in [6.45, 7) is 6.48. The van der Waals surface area contributed by atoms with E-state index in [2.05, 4.69) is 5.32 Å². The van der Waals surface area contributed by atoms with Gasteiger partial charge < -0.3 is 19.5 Å². The third kappa shape index (κ3) is 5.72. The van der Waals surface area contributed by atoms with Crippen molar-refractivity contribution in [2.24, 2.45) is 0 Å². The third-order valence-corrected chi connectivity index (χ3v) is 6.09. The van der Waals surface area contributed by atoms with Crippen molar-refractivity contribution in [1.29, 1.82) is 0 Å². The molecule has 4 rings (SSSR count). The van der Waals surface area contributed by atoms with E-state index in [1.54, 1.807) is 0 Å². The number of para-hydroxylation sites is 2. The fraction of sp³-hybridized carbons (Fsp3) is 0.423. The Kier molecular flexibility index (Phi) is 7.27. The zero-order valence-corrected chi connectivity index (χ0v) is 19.5. The maximum absolute atomic E-state index is 12.8. The minimum absolute atomic E-state index is 0.00680. The molecule has 0 aliphatic carbocycles. The van der Waals surface area contributed by atoms with Gasteiger partial charge in [0.1, 0.15) is 18.1 Å². The molecule has 1 aliphatic heterocycles. The van der Waals surface area contributed by atoms with Crippen molar-refractivity contribution < 1.29 is 14.3 Å². The van der Waals surface area contributed by atoms with E-state index < -0.39 is 0 Å². The highest BCUT2D eigenvalue weighted by molar-refractivity contribution is 5.81. The molecule has 0 saturated carbocycles. The number of hydrogen-bond acceptors (Lipinski definition) is 4. The Morgan fingerprint density at radius 3 is 2.70 bits per heavy atom. The van der Waals surface area contributed by atoms with Crippen molar-refractivity contribution >= 4 is 22.8 Å². The van der Waals surface area contributed by atoms with E-state index in [1.807, 2.05) is 65.8 Å². The fourth-order valence-electron chi connectivity index (χ4n) is 4.23. The highest BCUT2D eigenvalue weighted by Crippen LogP contribution is 2.20. The average molecular weight is 449 g/mol. The lowest BCUT2D eigenvalue weighted by atomic mass is 10.1. The first kappa shape index (κ1) is 22.8. The van der Waals surface area contributed by atoms with E-state index in [1.165, 1.54) is 0 Å². The second kappa shape index (κ2) is 10.5. The first-order valence-electron chi connectivity index (χ1n) is 11.7. The molecule has 33 heavy (non-hydrogen) atoms. The van der Waals surface area contributed by atoms with Crippen molar-refractivity contribution in [3.63, 3.8) is 0 Å². The SMILES string of the molecule is Cc1ccc(C)c(OCC(=O)NCCCc2nc3ccccc3n2CC(=O)N2CCCC2)c1. The summed E-state index contributed by atoms with van der Waals surface area (Å²) in [5.74, 6) is 1.62. The Hall–Kier alpha value is -3.35. The lowest BCUT2D eigenvalue weighted by molar-refractivity contribution is -0.130. The molecule has 2 heterocycles. The molecule has 2 amide bonds. The Morgan fingerprint density at radius 1 is 1.09 bits per heavy atom. The van der Waals surface area contributed by atoms with Crippen LogP contribution in [-0.4, -0.2) is 52.5 Å². The molecule has 3 aromatic rings. The smallest absolute Gasteiger partial charge is 0.257 e. The number of aryl methyl sites for hydroxylation is 3. The molecule has 1 fully saturated rings. The Morgan fingerprint density at radius 2 is 1.88 bits per heavy atom. The molecule has 174 valence electrons. The van der Waals surface area contributed by atoms with Crippen LogP contribution in [-0.2, 0) is 22.6 Å². The number of hydrogen-bond donors (Lipinski definition) is 1. The van der Waals surface area contributed by atoms with Crippen LogP contribution in [0, 0.1) is 13.8 Å². The number of nitrogens with zero attached hydrogens (tertiary/aromatic N) is 3. The highest BCUT2D eigenvalue weighted by Gasteiger charge is 2.20. The van der Waals surface area contributed by atoms with Gasteiger partial charge in [0.05, 0.1) is 11.0 Å². The van der Waals surface area contributed by atoms with Gasteiger partial charge in [-0.15, -0.1) is 0 Å². The maximum atomic E-state index is 12.8.